The second kappa shape index (κ2) is 7.03. The SMILES string of the molecule is C=C(NCc1ccc(C)cc1)c1ccc(-c2cc(C(C)(F)F)n(C)n2)s1. The molecule has 0 aliphatic rings. The molecule has 0 radical (unpaired) electrons. The lowest BCUT2D eigenvalue weighted by Gasteiger charge is -2.08. The summed E-state index contributed by atoms with van der Waals surface area (Å²) in [4.78, 5) is 1.80. The first kappa shape index (κ1) is 18.3. The van der Waals surface area contributed by atoms with E-state index < -0.39 is 5.92 Å². The Morgan fingerprint density at radius 3 is 2.54 bits per heavy atom. The molecule has 0 unspecified atom stereocenters. The Morgan fingerprint density at radius 2 is 1.92 bits per heavy atom. The van der Waals surface area contributed by atoms with Gasteiger partial charge in [0.15, 0.2) is 0 Å². The smallest absolute Gasteiger partial charge is 0.286 e. The average molecular weight is 373 g/mol. The first-order chi connectivity index (χ1) is 12.2. The number of aromatic nitrogens is 2. The van der Waals surface area contributed by atoms with Crippen LogP contribution in [-0.4, -0.2) is 9.78 Å². The number of thiophene rings is 1. The molecule has 6 heteroatoms. The Balaban J connectivity index is 1.71. The van der Waals surface area contributed by atoms with E-state index in [0.29, 0.717) is 12.2 Å². The summed E-state index contributed by atoms with van der Waals surface area (Å²) in [5, 5.41) is 7.53. The topological polar surface area (TPSA) is 29.9 Å². The largest absolute Gasteiger partial charge is 0.380 e. The van der Waals surface area contributed by atoms with Gasteiger partial charge in [0, 0.05) is 26.2 Å². The maximum Gasteiger partial charge on any atom is 0.286 e. The first-order valence-corrected chi connectivity index (χ1v) is 9.07. The average Bonchev–Trinajstić information content (AvgIpc) is 3.20. The fourth-order valence-corrected chi connectivity index (χ4v) is 3.55. The lowest BCUT2D eigenvalue weighted by atomic mass is 10.1. The van der Waals surface area contributed by atoms with Crippen molar-refractivity contribution in [2.75, 3.05) is 0 Å². The van der Waals surface area contributed by atoms with Gasteiger partial charge in [-0.25, -0.2) is 0 Å². The summed E-state index contributed by atoms with van der Waals surface area (Å²) in [6, 6.07) is 13.6. The highest BCUT2D eigenvalue weighted by molar-refractivity contribution is 7.16. The summed E-state index contributed by atoms with van der Waals surface area (Å²) in [6.45, 7) is 7.70. The van der Waals surface area contributed by atoms with Gasteiger partial charge >= 0.3 is 0 Å². The molecule has 0 saturated heterocycles. The van der Waals surface area contributed by atoms with Crippen molar-refractivity contribution in [3.8, 4) is 10.6 Å². The Bertz CT molecular complexity index is 917. The highest BCUT2D eigenvalue weighted by Crippen LogP contribution is 2.34. The zero-order valence-electron chi connectivity index (χ0n) is 15.0. The van der Waals surface area contributed by atoms with Crippen LogP contribution in [0.4, 0.5) is 8.78 Å². The van der Waals surface area contributed by atoms with Crippen molar-refractivity contribution in [3.63, 3.8) is 0 Å². The summed E-state index contributed by atoms with van der Waals surface area (Å²) in [6.07, 6.45) is 0. The van der Waals surface area contributed by atoms with Crippen LogP contribution in [0.1, 0.15) is 28.6 Å². The van der Waals surface area contributed by atoms with Crippen LogP contribution >= 0.6 is 11.3 Å². The van der Waals surface area contributed by atoms with Gasteiger partial charge in [0.25, 0.3) is 5.92 Å². The van der Waals surface area contributed by atoms with E-state index in [2.05, 4.69) is 48.2 Å². The van der Waals surface area contributed by atoms with Crippen molar-refractivity contribution >= 4 is 17.0 Å². The van der Waals surface area contributed by atoms with E-state index in [-0.39, 0.29) is 5.69 Å². The molecular formula is C20H21F2N3S. The number of benzene rings is 1. The predicted octanol–water partition coefficient (Wildman–Crippen LogP) is 5.33. The van der Waals surface area contributed by atoms with Crippen LogP contribution in [0, 0.1) is 6.92 Å². The van der Waals surface area contributed by atoms with Crippen LogP contribution in [-0.2, 0) is 19.5 Å². The molecule has 26 heavy (non-hydrogen) atoms. The number of nitrogens with one attached hydrogen (secondary N) is 1. The molecule has 2 aromatic heterocycles. The fourth-order valence-electron chi connectivity index (χ4n) is 2.64. The van der Waals surface area contributed by atoms with E-state index in [1.54, 1.807) is 0 Å². The molecule has 0 spiro atoms. The third-order valence-corrected chi connectivity index (χ3v) is 5.28. The Labute approximate surface area is 156 Å². The van der Waals surface area contributed by atoms with E-state index in [9.17, 15) is 8.78 Å². The highest BCUT2D eigenvalue weighted by atomic mass is 32.1. The molecular weight excluding hydrogens is 352 g/mol. The number of hydrogen-bond donors (Lipinski definition) is 1. The Morgan fingerprint density at radius 1 is 1.23 bits per heavy atom. The minimum absolute atomic E-state index is 0.0984. The number of hydrogen-bond acceptors (Lipinski definition) is 3. The van der Waals surface area contributed by atoms with E-state index in [1.165, 1.54) is 40.3 Å². The molecule has 0 saturated carbocycles. The van der Waals surface area contributed by atoms with Gasteiger partial charge in [0.1, 0.15) is 11.4 Å². The van der Waals surface area contributed by atoms with E-state index in [1.807, 2.05) is 12.1 Å². The van der Waals surface area contributed by atoms with Crippen LogP contribution in [0.5, 0.6) is 0 Å². The van der Waals surface area contributed by atoms with Gasteiger partial charge in [-0.2, -0.15) is 13.9 Å². The monoisotopic (exact) mass is 373 g/mol. The third kappa shape index (κ3) is 4.02. The molecule has 3 aromatic rings. The van der Waals surface area contributed by atoms with Crippen molar-refractivity contribution in [2.45, 2.75) is 26.3 Å². The summed E-state index contributed by atoms with van der Waals surface area (Å²) < 4.78 is 28.4. The van der Waals surface area contributed by atoms with Crippen molar-refractivity contribution in [3.05, 3.63) is 70.7 Å². The molecule has 0 fully saturated rings. The predicted molar refractivity (Wildman–Crippen MR) is 103 cm³/mol. The second-order valence-corrected chi connectivity index (χ2v) is 7.49. The van der Waals surface area contributed by atoms with Crippen molar-refractivity contribution in [1.29, 1.82) is 0 Å². The molecule has 0 amide bonds. The van der Waals surface area contributed by atoms with Gasteiger partial charge in [-0.15, -0.1) is 11.3 Å². The van der Waals surface area contributed by atoms with Crippen LogP contribution in [0.15, 0.2) is 49.0 Å². The normalized spacial score (nSPS) is 11.6. The number of aryl methyl sites for hydroxylation is 2. The van der Waals surface area contributed by atoms with Crippen molar-refractivity contribution < 1.29 is 8.78 Å². The number of halogens is 2. The van der Waals surface area contributed by atoms with Crippen LogP contribution < -0.4 is 5.32 Å². The van der Waals surface area contributed by atoms with Crippen molar-refractivity contribution in [1.82, 2.24) is 15.1 Å². The molecule has 2 heterocycles. The second-order valence-electron chi connectivity index (χ2n) is 6.41. The third-order valence-electron chi connectivity index (χ3n) is 4.11. The number of nitrogens with zero attached hydrogens (tertiary/aromatic N) is 2. The molecule has 3 nitrogen and oxygen atoms in total. The fraction of sp³-hybridized carbons (Fsp3) is 0.250. The summed E-state index contributed by atoms with van der Waals surface area (Å²) in [7, 11) is 1.53. The molecule has 0 atom stereocenters. The van der Waals surface area contributed by atoms with Crippen LogP contribution in [0.2, 0.25) is 0 Å². The molecule has 136 valence electrons. The van der Waals surface area contributed by atoms with Crippen LogP contribution in [0.25, 0.3) is 16.3 Å². The molecule has 0 bridgehead atoms. The maximum absolute atomic E-state index is 13.6. The molecule has 0 aliphatic carbocycles. The summed E-state index contributed by atoms with van der Waals surface area (Å²) in [5.74, 6) is -2.92. The van der Waals surface area contributed by atoms with Gasteiger partial charge < -0.3 is 5.32 Å². The summed E-state index contributed by atoms with van der Waals surface area (Å²) >= 11 is 1.48. The highest BCUT2D eigenvalue weighted by Gasteiger charge is 2.29. The Hall–Kier alpha value is -2.47. The van der Waals surface area contributed by atoms with Gasteiger partial charge in [0.05, 0.1) is 9.75 Å². The number of rotatable bonds is 6. The maximum atomic E-state index is 13.6. The van der Waals surface area contributed by atoms with Crippen LogP contribution in [0.3, 0.4) is 0 Å². The molecule has 0 aliphatic heterocycles. The van der Waals surface area contributed by atoms with Gasteiger partial charge in [0.2, 0.25) is 0 Å². The standard InChI is InChI=1S/C20H21F2N3S/c1-13-5-7-15(8-6-13)12-23-14(2)17-9-10-18(26-17)16-11-19(20(3,21)22)25(4)24-16/h5-11,23H,2,12H2,1,3-4H3. The van der Waals surface area contributed by atoms with Crippen molar-refractivity contribution in [2.24, 2.45) is 7.05 Å². The quantitative estimate of drug-likeness (QED) is 0.633. The van der Waals surface area contributed by atoms with E-state index in [4.69, 9.17) is 0 Å². The minimum atomic E-state index is -2.92. The van der Waals surface area contributed by atoms with Gasteiger partial charge in [-0.1, -0.05) is 36.4 Å². The zero-order valence-corrected chi connectivity index (χ0v) is 15.8. The molecule has 1 N–H and O–H groups in total. The molecule has 1 aromatic carbocycles. The first-order valence-electron chi connectivity index (χ1n) is 8.25. The van der Waals surface area contributed by atoms with Gasteiger partial charge in [-0.05, 0) is 30.7 Å². The van der Waals surface area contributed by atoms with E-state index in [0.717, 1.165) is 22.4 Å². The molecule has 3 rings (SSSR count). The zero-order chi connectivity index (χ0) is 18.9. The van der Waals surface area contributed by atoms with E-state index >= 15 is 0 Å². The Kier molecular flexibility index (Phi) is 4.96. The lowest BCUT2D eigenvalue weighted by Crippen LogP contribution is -2.12. The minimum Gasteiger partial charge on any atom is -0.380 e. The lowest BCUT2D eigenvalue weighted by molar-refractivity contribution is 0.00883. The number of alkyl halides is 2. The summed E-state index contributed by atoms with van der Waals surface area (Å²) in [5.41, 5.74) is 3.65. The van der Waals surface area contributed by atoms with Gasteiger partial charge in [-0.3, -0.25) is 4.68 Å².